The van der Waals surface area contributed by atoms with Crippen LogP contribution in [0.1, 0.15) is 39.0 Å². The summed E-state index contributed by atoms with van der Waals surface area (Å²) in [5.41, 5.74) is 0. The molecule has 1 N–H and O–H groups in total. The van der Waals surface area contributed by atoms with E-state index in [1.54, 1.807) is 6.92 Å². The fourth-order valence-electron chi connectivity index (χ4n) is 2.39. The fourth-order valence-corrected chi connectivity index (χ4v) is 3.65. The normalized spacial score (nSPS) is 21.5. The van der Waals surface area contributed by atoms with E-state index in [4.69, 9.17) is 0 Å². The van der Waals surface area contributed by atoms with Gasteiger partial charge in [0.15, 0.2) is 0 Å². The van der Waals surface area contributed by atoms with Crippen molar-refractivity contribution in [2.24, 2.45) is 11.8 Å². The minimum atomic E-state index is -2.94. The minimum Gasteiger partial charge on any atom is -0.396 e. The molecule has 1 aliphatic rings. The van der Waals surface area contributed by atoms with E-state index < -0.39 is 9.84 Å². The Morgan fingerprint density at radius 2 is 1.87 bits per heavy atom. The molecule has 1 fully saturated rings. The molecule has 0 aromatic heterocycles. The summed E-state index contributed by atoms with van der Waals surface area (Å²) in [5, 5.41) is 9.27. The highest BCUT2D eigenvalue weighted by Crippen LogP contribution is 2.30. The van der Waals surface area contributed by atoms with Crippen LogP contribution in [-0.4, -0.2) is 31.6 Å². The first-order valence-corrected chi connectivity index (χ1v) is 7.72. The summed E-state index contributed by atoms with van der Waals surface area (Å²) in [4.78, 5) is 0. The number of aliphatic hydroxyl groups is 1. The van der Waals surface area contributed by atoms with Gasteiger partial charge < -0.3 is 5.11 Å². The van der Waals surface area contributed by atoms with Gasteiger partial charge in [0.1, 0.15) is 9.84 Å². The van der Waals surface area contributed by atoms with Gasteiger partial charge in [-0.3, -0.25) is 0 Å². The molecule has 1 aliphatic carbocycles. The molecule has 0 saturated heterocycles. The van der Waals surface area contributed by atoms with Crippen LogP contribution < -0.4 is 0 Å². The number of sulfone groups is 1. The Morgan fingerprint density at radius 3 is 2.33 bits per heavy atom. The van der Waals surface area contributed by atoms with Gasteiger partial charge in [-0.1, -0.05) is 39.0 Å². The molecule has 4 heteroatoms. The van der Waals surface area contributed by atoms with Gasteiger partial charge in [-0.05, 0) is 11.8 Å². The highest BCUT2D eigenvalue weighted by molar-refractivity contribution is 7.91. The topological polar surface area (TPSA) is 54.4 Å². The van der Waals surface area contributed by atoms with Gasteiger partial charge in [0.2, 0.25) is 0 Å². The molecule has 0 heterocycles. The van der Waals surface area contributed by atoms with Gasteiger partial charge in [0.05, 0.1) is 5.75 Å². The first kappa shape index (κ1) is 13.0. The SMILES string of the molecule is CCS(=O)(=O)C[C@@H](CO)C1CCCCC1. The summed E-state index contributed by atoms with van der Waals surface area (Å²) in [5.74, 6) is 0.751. The zero-order valence-electron chi connectivity index (χ0n) is 9.48. The molecule has 0 unspecified atom stereocenters. The molecule has 1 saturated carbocycles. The van der Waals surface area contributed by atoms with Gasteiger partial charge in [-0.2, -0.15) is 0 Å². The fraction of sp³-hybridized carbons (Fsp3) is 1.00. The maximum absolute atomic E-state index is 11.5. The average Bonchev–Trinajstić information content (AvgIpc) is 2.27. The summed E-state index contributed by atoms with van der Waals surface area (Å²) in [6, 6.07) is 0. The Bertz CT molecular complexity index is 266. The van der Waals surface area contributed by atoms with Crippen LogP contribution in [0, 0.1) is 11.8 Å². The monoisotopic (exact) mass is 234 g/mol. The predicted octanol–water partition coefficient (Wildman–Crippen LogP) is 1.61. The van der Waals surface area contributed by atoms with E-state index in [2.05, 4.69) is 0 Å². The van der Waals surface area contributed by atoms with Gasteiger partial charge >= 0.3 is 0 Å². The molecular formula is C11H22O3S. The van der Waals surface area contributed by atoms with E-state index in [9.17, 15) is 13.5 Å². The van der Waals surface area contributed by atoms with Crippen LogP contribution >= 0.6 is 0 Å². The van der Waals surface area contributed by atoms with E-state index in [1.807, 2.05) is 0 Å². The van der Waals surface area contributed by atoms with Crippen LogP contribution in [0.3, 0.4) is 0 Å². The van der Waals surface area contributed by atoms with Gasteiger partial charge in [-0.15, -0.1) is 0 Å². The molecule has 0 amide bonds. The van der Waals surface area contributed by atoms with Crippen molar-refractivity contribution in [1.82, 2.24) is 0 Å². The quantitative estimate of drug-likeness (QED) is 0.786. The Balaban J connectivity index is 2.54. The molecular weight excluding hydrogens is 212 g/mol. The second-order valence-electron chi connectivity index (χ2n) is 4.54. The highest BCUT2D eigenvalue weighted by Gasteiger charge is 2.26. The van der Waals surface area contributed by atoms with E-state index in [-0.39, 0.29) is 24.0 Å². The number of rotatable bonds is 5. The number of hydrogen-bond donors (Lipinski definition) is 1. The largest absolute Gasteiger partial charge is 0.396 e. The molecule has 1 rings (SSSR count). The van der Waals surface area contributed by atoms with Crippen molar-refractivity contribution < 1.29 is 13.5 Å². The van der Waals surface area contributed by atoms with Crippen molar-refractivity contribution >= 4 is 9.84 Å². The van der Waals surface area contributed by atoms with Crippen molar-refractivity contribution in [1.29, 1.82) is 0 Å². The third kappa shape index (κ3) is 4.11. The number of aliphatic hydroxyl groups excluding tert-OH is 1. The van der Waals surface area contributed by atoms with Crippen LogP contribution in [0.25, 0.3) is 0 Å². The lowest BCUT2D eigenvalue weighted by molar-refractivity contribution is 0.162. The first-order valence-electron chi connectivity index (χ1n) is 5.90. The zero-order valence-corrected chi connectivity index (χ0v) is 10.3. The third-order valence-electron chi connectivity index (χ3n) is 3.46. The summed E-state index contributed by atoms with van der Waals surface area (Å²) < 4.78 is 23.0. The van der Waals surface area contributed by atoms with Gasteiger partial charge in [-0.25, -0.2) is 8.42 Å². The van der Waals surface area contributed by atoms with E-state index in [1.165, 1.54) is 19.3 Å². The Kier molecular flexibility index (Phi) is 5.06. The highest BCUT2D eigenvalue weighted by atomic mass is 32.2. The van der Waals surface area contributed by atoms with Crippen molar-refractivity contribution in [3.05, 3.63) is 0 Å². The molecule has 0 radical (unpaired) electrons. The molecule has 90 valence electrons. The zero-order chi connectivity index (χ0) is 11.3. The van der Waals surface area contributed by atoms with E-state index >= 15 is 0 Å². The lowest BCUT2D eigenvalue weighted by Crippen LogP contribution is -2.29. The number of hydrogen-bond acceptors (Lipinski definition) is 3. The summed E-state index contributed by atoms with van der Waals surface area (Å²) in [7, 11) is -2.94. The predicted molar refractivity (Wildman–Crippen MR) is 61.5 cm³/mol. The van der Waals surface area contributed by atoms with Crippen molar-refractivity contribution in [3.8, 4) is 0 Å². The van der Waals surface area contributed by atoms with Gasteiger partial charge in [0, 0.05) is 12.4 Å². The van der Waals surface area contributed by atoms with Crippen LogP contribution in [-0.2, 0) is 9.84 Å². The Labute approximate surface area is 92.8 Å². The van der Waals surface area contributed by atoms with Crippen molar-refractivity contribution in [2.75, 3.05) is 18.1 Å². The second kappa shape index (κ2) is 5.85. The lowest BCUT2D eigenvalue weighted by atomic mass is 9.81. The van der Waals surface area contributed by atoms with Crippen molar-refractivity contribution in [3.63, 3.8) is 0 Å². The van der Waals surface area contributed by atoms with Gasteiger partial charge in [0.25, 0.3) is 0 Å². The molecule has 3 nitrogen and oxygen atoms in total. The van der Waals surface area contributed by atoms with E-state index in [0.717, 1.165) is 12.8 Å². The molecule has 1 atom stereocenters. The molecule has 0 aromatic rings. The lowest BCUT2D eigenvalue weighted by Gasteiger charge is -2.28. The maximum Gasteiger partial charge on any atom is 0.150 e. The summed E-state index contributed by atoms with van der Waals surface area (Å²) in [6.07, 6.45) is 5.81. The Hall–Kier alpha value is -0.0900. The smallest absolute Gasteiger partial charge is 0.150 e. The van der Waals surface area contributed by atoms with Crippen LogP contribution in [0.2, 0.25) is 0 Å². The Morgan fingerprint density at radius 1 is 1.27 bits per heavy atom. The summed E-state index contributed by atoms with van der Waals surface area (Å²) in [6.45, 7) is 1.69. The average molecular weight is 234 g/mol. The molecule has 0 spiro atoms. The molecule has 0 aliphatic heterocycles. The van der Waals surface area contributed by atoms with E-state index in [0.29, 0.717) is 5.92 Å². The molecule has 0 bridgehead atoms. The third-order valence-corrected chi connectivity index (χ3v) is 5.27. The minimum absolute atomic E-state index is 0.0178. The van der Waals surface area contributed by atoms with Crippen LogP contribution in [0.5, 0.6) is 0 Å². The van der Waals surface area contributed by atoms with Crippen LogP contribution in [0.4, 0.5) is 0 Å². The molecule has 0 aromatic carbocycles. The molecule has 15 heavy (non-hydrogen) atoms. The standard InChI is InChI=1S/C11H22O3S/c1-2-15(13,14)9-11(8-12)10-6-4-3-5-7-10/h10-12H,2-9H2,1H3/t11-/m1/s1. The van der Waals surface area contributed by atoms with Crippen molar-refractivity contribution in [2.45, 2.75) is 39.0 Å². The first-order chi connectivity index (χ1) is 7.09. The second-order valence-corrected chi connectivity index (χ2v) is 6.94. The van der Waals surface area contributed by atoms with Crippen LogP contribution in [0.15, 0.2) is 0 Å². The summed E-state index contributed by atoms with van der Waals surface area (Å²) >= 11 is 0. The maximum atomic E-state index is 11.5.